The van der Waals surface area contributed by atoms with E-state index in [4.69, 9.17) is 19.7 Å². The molecule has 0 bridgehead atoms. The minimum atomic E-state index is -1.79. The van der Waals surface area contributed by atoms with Gasteiger partial charge in [0, 0.05) is 0 Å². The van der Waals surface area contributed by atoms with Gasteiger partial charge in [-0.1, -0.05) is 0 Å². The second-order valence-electron chi connectivity index (χ2n) is 4.67. The number of aldehydes is 1. The van der Waals surface area contributed by atoms with Gasteiger partial charge in [0.2, 0.25) is 0 Å². The third kappa shape index (κ3) is 4.16. The van der Waals surface area contributed by atoms with Crippen molar-refractivity contribution < 1.29 is 50.0 Å². The molecule has 1 rings (SSSR count). The predicted molar refractivity (Wildman–Crippen MR) is 63.8 cm³/mol. The molecule has 124 valence electrons. The van der Waals surface area contributed by atoms with Gasteiger partial charge in [0.25, 0.3) is 0 Å². The van der Waals surface area contributed by atoms with E-state index in [0.29, 0.717) is 0 Å². The Labute approximate surface area is 119 Å². The third-order valence-corrected chi connectivity index (χ3v) is 3.19. The van der Waals surface area contributed by atoms with Crippen molar-refractivity contribution in [3.05, 3.63) is 0 Å². The number of carbonyl (C=O) groups is 1. The molecule has 0 radical (unpaired) electrons. The Morgan fingerprint density at radius 3 is 2.19 bits per heavy atom. The van der Waals surface area contributed by atoms with Crippen molar-refractivity contribution in [1.82, 2.24) is 0 Å². The number of aliphatic hydroxyl groups excluding tert-OH is 7. The van der Waals surface area contributed by atoms with E-state index >= 15 is 0 Å². The molecular formula is C11H20O10. The molecule has 21 heavy (non-hydrogen) atoms. The molecule has 0 aliphatic carbocycles. The first-order valence-corrected chi connectivity index (χ1v) is 6.25. The van der Waals surface area contributed by atoms with Gasteiger partial charge in [0.15, 0.2) is 12.6 Å². The van der Waals surface area contributed by atoms with Crippen molar-refractivity contribution in [2.24, 2.45) is 0 Å². The largest absolute Gasteiger partial charge is 0.394 e. The van der Waals surface area contributed by atoms with Crippen molar-refractivity contribution in [1.29, 1.82) is 0 Å². The first-order chi connectivity index (χ1) is 9.87. The van der Waals surface area contributed by atoms with Crippen LogP contribution >= 0.6 is 0 Å². The summed E-state index contributed by atoms with van der Waals surface area (Å²) in [6, 6.07) is 0. The maximum absolute atomic E-state index is 10.9. The fourth-order valence-corrected chi connectivity index (χ4v) is 1.85. The number of ether oxygens (including phenoxy) is 2. The predicted octanol–water partition coefficient (Wildman–Crippen LogP) is -4.92. The highest BCUT2D eigenvalue weighted by atomic mass is 16.7. The minimum Gasteiger partial charge on any atom is -0.394 e. The summed E-state index contributed by atoms with van der Waals surface area (Å²) < 4.78 is 9.92. The van der Waals surface area contributed by atoms with Gasteiger partial charge >= 0.3 is 0 Å². The highest BCUT2D eigenvalue weighted by molar-refractivity contribution is 5.57. The lowest BCUT2D eigenvalue weighted by atomic mass is 9.99. The Morgan fingerprint density at radius 2 is 1.71 bits per heavy atom. The molecule has 1 aliphatic rings. The van der Waals surface area contributed by atoms with Crippen LogP contribution in [0, 0.1) is 0 Å². The van der Waals surface area contributed by atoms with E-state index in [2.05, 4.69) is 0 Å². The van der Waals surface area contributed by atoms with E-state index in [9.17, 15) is 30.3 Å². The van der Waals surface area contributed by atoms with Crippen molar-refractivity contribution in [3.8, 4) is 0 Å². The van der Waals surface area contributed by atoms with Crippen LogP contribution in [-0.4, -0.2) is 104 Å². The Kier molecular flexibility index (Phi) is 7.06. The maximum Gasteiger partial charge on any atom is 0.187 e. The molecule has 0 saturated carbocycles. The van der Waals surface area contributed by atoms with Crippen LogP contribution in [0.15, 0.2) is 0 Å². The Hall–Kier alpha value is -0.690. The number of carbonyl (C=O) groups excluding carboxylic acids is 1. The molecule has 0 amide bonds. The maximum atomic E-state index is 10.9. The standard InChI is InChI=1S/C11H20O10/c12-1-4(15)7(16)5(2-13)20-11-10(19)9(18)8(17)6(3-14)21-11/h2,4-12,14-19H,1,3H2/t4-,5+,6-,7+,8-,9+,10-,11?/m1/s1. The van der Waals surface area contributed by atoms with Crippen LogP contribution in [0.5, 0.6) is 0 Å². The number of hydrogen-bond donors (Lipinski definition) is 7. The van der Waals surface area contributed by atoms with Crippen molar-refractivity contribution in [2.75, 3.05) is 13.2 Å². The zero-order valence-electron chi connectivity index (χ0n) is 11.0. The molecule has 8 atom stereocenters. The fraction of sp³-hybridized carbons (Fsp3) is 0.909. The molecule has 1 unspecified atom stereocenters. The van der Waals surface area contributed by atoms with E-state index in [-0.39, 0.29) is 6.29 Å². The molecule has 1 saturated heterocycles. The molecule has 1 heterocycles. The number of aliphatic hydroxyl groups is 7. The molecule has 0 aromatic rings. The summed E-state index contributed by atoms with van der Waals surface area (Å²) in [6.07, 6.45) is -12.9. The van der Waals surface area contributed by atoms with Gasteiger partial charge < -0.3 is 50.0 Å². The fourth-order valence-electron chi connectivity index (χ4n) is 1.85. The topological polar surface area (TPSA) is 177 Å². The molecule has 10 nitrogen and oxygen atoms in total. The first-order valence-electron chi connectivity index (χ1n) is 6.25. The van der Waals surface area contributed by atoms with Crippen molar-refractivity contribution in [2.45, 2.75) is 49.0 Å². The van der Waals surface area contributed by atoms with E-state index in [0.717, 1.165) is 0 Å². The summed E-state index contributed by atoms with van der Waals surface area (Å²) in [5.41, 5.74) is 0. The summed E-state index contributed by atoms with van der Waals surface area (Å²) in [6.45, 7) is -1.51. The first kappa shape index (κ1) is 18.4. The molecule has 0 spiro atoms. The van der Waals surface area contributed by atoms with Crippen LogP contribution in [0.25, 0.3) is 0 Å². The normalized spacial score (nSPS) is 37.8. The quantitative estimate of drug-likeness (QED) is 0.225. The van der Waals surface area contributed by atoms with E-state index in [1.807, 2.05) is 0 Å². The molecule has 10 heteroatoms. The van der Waals surface area contributed by atoms with Crippen LogP contribution < -0.4 is 0 Å². The van der Waals surface area contributed by atoms with Crippen LogP contribution in [0.1, 0.15) is 0 Å². The lowest BCUT2D eigenvalue weighted by Crippen LogP contribution is -2.60. The average molecular weight is 312 g/mol. The van der Waals surface area contributed by atoms with Crippen LogP contribution in [0.4, 0.5) is 0 Å². The third-order valence-electron chi connectivity index (χ3n) is 3.19. The second-order valence-corrected chi connectivity index (χ2v) is 4.67. The average Bonchev–Trinajstić information content (AvgIpc) is 2.50. The summed E-state index contributed by atoms with van der Waals surface area (Å²) in [7, 11) is 0. The summed E-state index contributed by atoms with van der Waals surface area (Å²) in [5, 5.41) is 65.3. The van der Waals surface area contributed by atoms with E-state index in [1.54, 1.807) is 0 Å². The monoisotopic (exact) mass is 312 g/mol. The smallest absolute Gasteiger partial charge is 0.187 e. The molecule has 0 aromatic heterocycles. The van der Waals surface area contributed by atoms with Crippen LogP contribution in [-0.2, 0) is 14.3 Å². The van der Waals surface area contributed by atoms with Gasteiger partial charge in [-0.2, -0.15) is 0 Å². The van der Waals surface area contributed by atoms with Gasteiger partial charge in [0.1, 0.15) is 42.7 Å². The van der Waals surface area contributed by atoms with E-state index in [1.165, 1.54) is 0 Å². The highest BCUT2D eigenvalue weighted by Crippen LogP contribution is 2.23. The zero-order valence-corrected chi connectivity index (χ0v) is 11.0. The van der Waals surface area contributed by atoms with Gasteiger partial charge in [0.05, 0.1) is 13.2 Å². The molecule has 0 aromatic carbocycles. The SMILES string of the molecule is O=C[C@H](OC1O[C@H](CO)[C@@H](O)[C@H](O)[C@H]1O)[C@@H](O)[C@H](O)CO. The molecular weight excluding hydrogens is 292 g/mol. The second kappa shape index (κ2) is 8.08. The van der Waals surface area contributed by atoms with Gasteiger partial charge in [-0.25, -0.2) is 0 Å². The van der Waals surface area contributed by atoms with Crippen LogP contribution in [0.2, 0.25) is 0 Å². The Morgan fingerprint density at radius 1 is 1.10 bits per heavy atom. The Balaban J connectivity index is 2.76. The highest BCUT2D eigenvalue weighted by Gasteiger charge is 2.45. The van der Waals surface area contributed by atoms with Crippen molar-refractivity contribution in [3.63, 3.8) is 0 Å². The summed E-state index contributed by atoms with van der Waals surface area (Å²) >= 11 is 0. The Bertz CT molecular complexity index is 324. The molecule has 1 fully saturated rings. The van der Waals surface area contributed by atoms with Crippen LogP contribution in [0.3, 0.4) is 0 Å². The lowest BCUT2D eigenvalue weighted by molar-refractivity contribution is -0.314. The minimum absolute atomic E-state index is 0.116. The van der Waals surface area contributed by atoms with Gasteiger partial charge in [-0.05, 0) is 0 Å². The molecule has 7 N–H and O–H groups in total. The zero-order chi connectivity index (χ0) is 16.2. The number of rotatable bonds is 7. The van der Waals surface area contributed by atoms with E-state index < -0.39 is 62.2 Å². The summed E-state index contributed by atoms with van der Waals surface area (Å²) in [5.74, 6) is 0. The number of hydrogen-bond acceptors (Lipinski definition) is 10. The van der Waals surface area contributed by atoms with Crippen molar-refractivity contribution >= 4 is 6.29 Å². The lowest BCUT2D eigenvalue weighted by Gasteiger charge is -2.40. The van der Waals surface area contributed by atoms with Gasteiger partial charge in [-0.15, -0.1) is 0 Å². The summed E-state index contributed by atoms with van der Waals surface area (Å²) in [4.78, 5) is 10.9. The van der Waals surface area contributed by atoms with Gasteiger partial charge in [-0.3, -0.25) is 0 Å². The molecule has 1 aliphatic heterocycles.